The van der Waals surface area contributed by atoms with Crippen LogP contribution < -0.4 is 4.74 Å². The maximum Gasteiger partial charge on any atom is 0.311 e. The van der Waals surface area contributed by atoms with Crippen molar-refractivity contribution in [2.24, 2.45) is 5.10 Å². The molecular formula is C19H19N5O4S. The Balaban J connectivity index is 1.76. The molecule has 0 aliphatic carbocycles. The number of aromatic hydroxyl groups is 1. The highest BCUT2D eigenvalue weighted by Gasteiger charge is 2.13. The van der Waals surface area contributed by atoms with Crippen molar-refractivity contribution >= 4 is 24.1 Å². The average Bonchev–Trinajstić information content (AvgIpc) is 3.05. The number of aromatic nitrogens is 3. The molecule has 3 rings (SSSR count). The number of nitro groups is 1. The lowest BCUT2D eigenvalue weighted by Gasteiger charge is -2.08. The highest BCUT2D eigenvalue weighted by Crippen LogP contribution is 2.25. The first-order valence-corrected chi connectivity index (χ1v) is 9.17. The number of ether oxygens (including phenoxy) is 1. The van der Waals surface area contributed by atoms with E-state index in [1.54, 1.807) is 0 Å². The molecule has 10 heteroatoms. The van der Waals surface area contributed by atoms with Crippen molar-refractivity contribution in [1.29, 1.82) is 0 Å². The Morgan fingerprint density at radius 2 is 2.07 bits per heavy atom. The molecule has 3 aromatic rings. The van der Waals surface area contributed by atoms with Gasteiger partial charge in [0.2, 0.25) is 4.77 Å². The Hall–Kier alpha value is -3.53. The SMILES string of the molecule is CC(C)c1ccc(OCc2n[nH]c(=S)n2/N=C\c2ccc(O)c([N+](=O)[O-])c2)cc1. The van der Waals surface area contributed by atoms with Crippen molar-refractivity contribution in [2.75, 3.05) is 0 Å². The third kappa shape index (κ3) is 4.85. The molecule has 0 spiro atoms. The number of nitrogens with zero attached hydrogens (tertiary/aromatic N) is 4. The summed E-state index contributed by atoms with van der Waals surface area (Å²) in [5.74, 6) is 1.15. The summed E-state index contributed by atoms with van der Waals surface area (Å²) in [6.07, 6.45) is 1.39. The van der Waals surface area contributed by atoms with Gasteiger partial charge in [-0.3, -0.25) is 10.1 Å². The van der Waals surface area contributed by atoms with Crippen molar-refractivity contribution < 1.29 is 14.8 Å². The molecule has 0 aliphatic heterocycles. The molecule has 0 fully saturated rings. The topological polar surface area (TPSA) is 119 Å². The van der Waals surface area contributed by atoms with Crippen molar-refractivity contribution in [1.82, 2.24) is 14.9 Å². The van der Waals surface area contributed by atoms with Crippen LogP contribution in [0.25, 0.3) is 0 Å². The fraction of sp³-hybridized carbons (Fsp3) is 0.211. The number of phenolic OH excluding ortho intramolecular Hbond substituents is 1. The lowest BCUT2D eigenvalue weighted by molar-refractivity contribution is -0.385. The monoisotopic (exact) mass is 413 g/mol. The van der Waals surface area contributed by atoms with E-state index >= 15 is 0 Å². The summed E-state index contributed by atoms with van der Waals surface area (Å²) in [5, 5.41) is 31.5. The minimum atomic E-state index is -0.667. The Kier molecular flexibility index (Phi) is 6.03. The van der Waals surface area contributed by atoms with Gasteiger partial charge in [-0.1, -0.05) is 26.0 Å². The summed E-state index contributed by atoms with van der Waals surface area (Å²) in [4.78, 5) is 10.3. The smallest absolute Gasteiger partial charge is 0.311 e. The van der Waals surface area contributed by atoms with E-state index in [0.717, 1.165) is 0 Å². The number of benzene rings is 2. The van der Waals surface area contributed by atoms with Gasteiger partial charge in [0.1, 0.15) is 12.4 Å². The summed E-state index contributed by atoms with van der Waals surface area (Å²) in [7, 11) is 0. The molecule has 0 saturated heterocycles. The predicted molar refractivity (Wildman–Crippen MR) is 110 cm³/mol. The van der Waals surface area contributed by atoms with Crippen LogP contribution in [0.2, 0.25) is 0 Å². The van der Waals surface area contributed by atoms with Gasteiger partial charge in [-0.15, -0.1) is 0 Å². The molecule has 0 atom stereocenters. The van der Waals surface area contributed by atoms with Gasteiger partial charge < -0.3 is 9.84 Å². The van der Waals surface area contributed by atoms with Crippen molar-refractivity contribution in [3.8, 4) is 11.5 Å². The maximum atomic E-state index is 10.9. The fourth-order valence-corrected chi connectivity index (χ4v) is 2.72. The molecule has 29 heavy (non-hydrogen) atoms. The molecule has 0 radical (unpaired) electrons. The second-order valence-electron chi connectivity index (χ2n) is 6.52. The first-order chi connectivity index (χ1) is 13.8. The van der Waals surface area contributed by atoms with Crippen LogP contribution in [0, 0.1) is 14.9 Å². The maximum absolute atomic E-state index is 10.9. The van der Waals surface area contributed by atoms with Gasteiger partial charge in [-0.05, 0) is 48.0 Å². The first-order valence-electron chi connectivity index (χ1n) is 8.76. The normalized spacial score (nSPS) is 11.3. The summed E-state index contributed by atoms with van der Waals surface area (Å²) in [6.45, 7) is 4.36. The number of rotatable bonds is 7. The molecule has 0 saturated carbocycles. The van der Waals surface area contributed by atoms with E-state index < -0.39 is 16.4 Å². The van der Waals surface area contributed by atoms with Crippen LogP contribution in [0.1, 0.15) is 36.7 Å². The van der Waals surface area contributed by atoms with E-state index in [9.17, 15) is 15.2 Å². The largest absolute Gasteiger partial charge is 0.502 e. The van der Waals surface area contributed by atoms with Crippen molar-refractivity contribution in [3.63, 3.8) is 0 Å². The molecule has 0 unspecified atom stereocenters. The Bertz CT molecular complexity index is 1100. The van der Waals surface area contributed by atoms with E-state index in [-0.39, 0.29) is 11.4 Å². The average molecular weight is 413 g/mol. The number of hydrogen-bond donors (Lipinski definition) is 2. The number of aromatic amines is 1. The molecule has 150 valence electrons. The van der Waals surface area contributed by atoms with Crippen LogP contribution >= 0.6 is 12.2 Å². The van der Waals surface area contributed by atoms with Gasteiger partial charge >= 0.3 is 5.69 Å². The lowest BCUT2D eigenvalue weighted by Crippen LogP contribution is -2.04. The lowest BCUT2D eigenvalue weighted by atomic mass is 10.0. The van der Waals surface area contributed by atoms with E-state index in [1.807, 2.05) is 24.3 Å². The number of H-pyrrole nitrogens is 1. The van der Waals surface area contributed by atoms with Crippen LogP contribution in [-0.4, -0.2) is 31.1 Å². The third-order valence-corrected chi connectivity index (χ3v) is 4.41. The zero-order valence-electron chi connectivity index (χ0n) is 15.8. The summed E-state index contributed by atoms with van der Waals surface area (Å²) < 4.78 is 7.38. The Morgan fingerprint density at radius 3 is 2.72 bits per heavy atom. The number of nitro benzene ring substituents is 1. The number of nitrogens with one attached hydrogen (secondary N) is 1. The van der Waals surface area contributed by atoms with Gasteiger partial charge in [0, 0.05) is 11.6 Å². The molecule has 9 nitrogen and oxygen atoms in total. The quantitative estimate of drug-likeness (QED) is 0.260. The molecule has 0 aliphatic rings. The highest BCUT2D eigenvalue weighted by molar-refractivity contribution is 7.71. The minimum Gasteiger partial charge on any atom is -0.502 e. The van der Waals surface area contributed by atoms with E-state index in [4.69, 9.17) is 17.0 Å². The van der Waals surface area contributed by atoms with Gasteiger partial charge in [-0.25, -0.2) is 5.10 Å². The van der Waals surface area contributed by atoms with Crippen LogP contribution in [-0.2, 0) is 6.61 Å². The van der Waals surface area contributed by atoms with Crippen LogP contribution in [0.3, 0.4) is 0 Å². The summed E-state index contributed by atoms with van der Waals surface area (Å²) in [6, 6.07) is 11.7. The Labute approximate surface area is 171 Å². The van der Waals surface area contributed by atoms with E-state index in [1.165, 1.54) is 34.7 Å². The van der Waals surface area contributed by atoms with Crippen LogP contribution in [0.15, 0.2) is 47.6 Å². The first kappa shape index (κ1) is 20.2. The molecule has 0 amide bonds. The van der Waals surface area contributed by atoms with Gasteiger partial charge in [0.05, 0.1) is 11.1 Å². The van der Waals surface area contributed by atoms with Crippen LogP contribution in [0.5, 0.6) is 11.5 Å². The number of hydrogen-bond acceptors (Lipinski definition) is 7. The van der Waals surface area contributed by atoms with E-state index in [0.29, 0.717) is 23.1 Å². The number of phenols is 1. The highest BCUT2D eigenvalue weighted by atomic mass is 32.1. The predicted octanol–water partition coefficient (Wildman–Crippen LogP) is 4.14. The molecule has 2 aromatic carbocycles. The summed E-state index contributed by atoms with van der Waals surface area (Å²) in [5.41, 5.74) is 1.24. The second-order valence-corrected chi connectivity index (χ2v) is 6.91. The summed E-state index contributed by atoms with van der Waals surface area (Å²) >= 11 is 5.18. The second kappa shape index (κ2) is 8.65. The van der Waals surface area contributed by atoms with Gasteiger partial charge in [-0.2, -0.15) is 14.9 Å². The van der Waals surface area contributed by atoms with Gasteiger partial charge in [0.25, 0.3) is 0 Å². The van der Waals surface area contributed by atoms with Crippen molar-refractivity contribution in [3.05, 3.63) is 74.3 Å². The standard InChI is InChI=1S/C19H19N5O4S/c1-12(2)14-4-6-15(7-5-14)28-11-18-21-22-19(29)23(18)20-10-13-3-8-17(25)16(9-13)24(26)27/h3-10,12,25H,11H2,1-2H3,(H,22,29)/b20-10-. The molecule has 1 aromatic heterocycles. The molecule has 2 N–H and O–H groups in total. The van der Waals surface area contributed by atoms with E-state index in [2.05, 4.69) is 29.1 Å². The van der Waals surface area contributed by atoms with Crippen molar-refractivity contribution in [2.45, 2.75) is 26.4 Å². The zero-order chi connectivity index (χ0) is 21.0. The Morgan fingerprint density at radius 1 is 1.34 bits per heavy atom. The zero-order valence-corrected chi connectivity index (χ0v) is 16.6. The molecular weight excluding hydrogens is 394 g/mol. The van der Waals surface area contributed by atoms with Crippen LogP contribution in [0.4, 0.5) is 5.69 Å². The third-order valence-electron chi connectivity index (χ3n) is 4.15. The minimum absolute atomic E-state index is 0.126. The van der Waals surface area contributed by atoms with Gasteiger partial charge in [0.15, 0.2) is 11.6 Å². The fourth-order valence-electron chi connectivity index (χ4n) is 2.53. The molecule has 1 heterocycles. The molecule has 0 bridgehead atoms.